The lowest BCUT2D eigenvalue weighted by atomic mass is 9.63. The quantitative estimate of drug-likeness (QED) is 0.562. The first-order chi connectivity index (χ1) is 13.3. The molecule has 2 aliphatic carbocycles. The van der Waals surface area contributed by atoms with Crippen molar-refractivity contribution in [3.05, 3.63) is 59.7 Å². The van der Waals surface area contributed by atoms with Crippen molar-refractivity contribution < 1.29 is 0 Å². The molecule has 0 bridgehead atoms. The number of nitrogens with zero attached hydrogens (tertiary/aromatic N) is 1. The van der Waals surface area contributed by atoms with E-state index in [1.54, 1.807) is 0 Å². The Balaban J connectivity index is 1.40. The topological polar surface area (TPSA) is 23.8 Å². The third kappa shape index (κ3) is 4.11. The van der Waals surface area contributed by atoms with E-state index < -0.39 is 0 Å². The Kier molecular flexibility index (Phi) is 5.63. The standard InChI is InChI=1S/C26H31N/c1-2-3-19-4-9-26-17-25(15-14-24(26)16-19)23-12-10-22(11-13-23)21-7-5-20(18-27)6-8-21/h5-8,10-13,19,24-26H,2-4,9,14-17H2,1H3. The molecular weight excluding hydrogens is 326 g/mol. The van der Waals surface area contributed by atoms with Crippen molar-refractivity contribution in [2.45, 2.75) is 64.2 Å². The predicted octanol–water partition coefficient (Wildman–Crippen LogP) is 7.33. The summed E-state index contributed by atoms with van der Waals surface area (Å²) < 4.78 is 0. The molecule has 0 radical (unpaired) electrons. The molecule has 0 amide bonds. The van der Waals surface area contributed by atoms with Crippen LogP contribution in [0.1, 0.15) is 75.3 Å². The van der Waals surface area contributed by atoms with Gasteiger partial charge in [0.25, 0.3) is 0 Å². The highest BCUT2D eigenvalue weighted by molar-refractivity contribution is 5.64. The van der Waals surface area contributed by atoms with Crippen molar-refractivity contribution in [3.8, 4) is 17.2 Å². The Hall–Kier alpha value is -2.07. The fourth-order valence-electron chi connectivity index (χ4n) is 5.64. The lowest BCUT2D eigenvalue weighted by Crippen LogP contribution is -2.30. The molecule has 4 rings (SSSR count). The molecule has 0 aromatic heterocycles. The van der Waals surface area contributed by atoms with E-state index in [9.17, 15) is 0 Å². The molecule has 2 aromatic rings. The smallest absolute Gasteiger partial charge is 0.0991 e. The molecule has 0 saturated heterocycles. The van der Waals surface area contributed by atoms with Gasteiger partial charge in [-0.1, -0.05) is 62.6 Å². The summed E-state index contributed by atoms with van der Waals surface area (Å²) in [4.78, 5) is 0. The first-order valence-corrected chi connectivity index (χ1v) is 10.9. The second-order valence-electron chi connectivity index (χ2n) is 8.81. The van der Waals surface area contributed by atoms with Gasteiger partial charge in [0.1, 0.15) is 0 Å². The fraction of sp³-hybridized carbons (Fsp3) is 0.500. The maximum absolute atomic E-state index is 8.95. The summed E-state index contributed by atoms with van der Waals surface area (Å²) in [7, 11) is 0. The molecule has 2 aliphatic rings. The second-order valence-corrected chi connectivity index (χ2v) is 8.81. The van der Waals surface area contributed by atoms with Crippen LogP contribution in [-0.2, 0) is 0 Å². The molecule has 4 unspecified atom stereocenters. The van der Waals surface area contributed by atoms with E-state index in [1.807, 2.05) is 24.3 Å². The summed E-state index contributed by atoms with van der Waals surface area (Å²) in [6, 6.07) is 19.3. The van der Waals surface area contributed by atoms with Crippen molar-refractivity contribution in [3.63, 3.8) is 0 Å². The van der Waals surface area contributed by atoms with E-state index in [4.69, 9.17) is 5.26 Å². The van der Waals surface area contributed by atoms with Crippen molar-refractivity contribution in [1.82, 2.24) is 0 Å². The van der Waals surface area contributed by atoms with Gasteiger partial charge >= 0.3 is 0 Å². The molecule has 27 heavy (non-hydrogen) atoms. The van der Waals surface area contributed by atoms with Crippen LogP contribution >= 0.6 is 0 Å². The minimum Gasteiger partial charge on any atom is -0.192 e. The van der Waals surface area contributed by atoms with Gasteiger partial charge in [-0.3, -0.25) is 0 Å². The van der Waals surface area contributed by atoms with E-state index in [2.05, 4.69) is 37.3 Å². The molecule has 2 fully saturated rings. The Bertz CT molecular complexity index is 780. The van der Waals surface area contributed by atoms with Crippen molar-refractivity contribution in [1.29, 1.82) is 5.26 Å². The normalized spacial score (nSPS) is 27.6. The third-order valence-electron chi connectivity index (χ3n) is 7.15. The third-order valence-corrected chi connectivity index (χ3v) is 7.15. The molecule has 140 valence electrons. The molecule has 0 N–H and O–H groups in total. The summed E-state index contributed by atoms with van der Waals surface area (Å²) in [6.07, 6.45) is 11.5. The van der Waals surface area contributed by atoms with Crippen LogP contribution in [0.4, 0.5) is 0 Å². The fourth-order valence-corrected chi connectivity index (χ4v) is 5.64. The van der Waals surface area contributed by atoms with E-state index in [1.165, 1.54) is 68.1 Å². The maximum Gasteiger partial charge on any atom is 0.0991 e. The number of fused-ring (bicyclic) bond motifs is 1. The van der Waals surface area contributed by atoms with Crippen molar-refractivity contribution >= 4 is 0 Å². The Morgan fingerprint density at radius 3 is 2.11 bits per heavy atom. The summed E-state index contributed by atoms with van der Waals surface area (Å²) >= 11 is 0. The van der Waals surface area contributed by atoms with Gasteiger partial charge in [-0.05, 0) is 84.6 Å². The van der Waals surface area contributed by atoms with E-state index in [-0.39, 0.29) is 0 Å². The monoisotopic (exact) mass is 357 g/mol. The Morgan fingerprint density at radius 2 is 1.44 bits per heavy atom. The lowest BCUT2D eigenvalue weighted by Gasteiger charge is -2.42. The summed E-state index contributed by atoms with van der Waals surface area (Å²) in [5.41, 5.74) is 4.69. The van der Waals surface area contributed by atoms with Crippen LogP contribution in [-0.4, -0.2) is 0 Å². The van der Waals surface area contributed by atoms with Gasteiger partial charge in [-0.25, -0.2) is 0 Å². The molecule has 1 heteroatoms. The molecule has 0 spiro atoms. The van der Waals surface area contributed by atoms with Crippen LogP contribution in [0.15, 0.2) is 48.5 Å². The molecule has 2 saturated carbocycles. The number of hydrogen-bond acceptors (Lipinski definition) is 1. The number of nitriles is 1. The zero-order chi connectivity index (χ0) is 18.6. The molecular formula is C26H31N. The van der Waals surface area contributed by atoms with Crippen molar-refractivity contribution in [2.75, 3.05) is 0 Å². The van der Waals surface area contributed by atoms with Gasteiger partial charge in [-0.2, -0.15) is 5.26 Å². The van der Waals surface area contributed by atoms with E-state index in [0.29, 0.717) is 0 Å². The van der Waals surface area contributed by atoms with Crippen LogP contribution in [0.25, 0.3) is 11.1 Å². The maximum atomic E-state index is 8.95. The van der Waals surface area contributed by atoms with Gasteiger partial charge in [-0.15, -0.1) is 0 Å². The Labute approximate surface area is 164 Å². The highest BCUT2D eigenvalue weighted by atomic mass is 14.4. The number of rotatable bonds is 4. The molecule has 1 nitrogen and oxygen atoms in total. The van der Waals surface area contributed by atoms with Gasteiger partial charge in [0.2, 0.25) is 0 Å². The van der Waals surface area contributed by atoms with Crippen LogP contribution in [0.3, 0.4) is 0 Å². The zero-order valence-electron chi connectivity index (χ0n) is 16.5. The van der Waals surface area contributed by atoms with Crippen LogP contribution in [0.5, 0.6) is 0 Å². The second kappa shape index (κ2) is 8.30. The van der Waals surface area contributed by atoms with Gasteiger partial charge in [0.05, 0.1) is 11.6 Å². The lowest BCUT2D eigenvalue weighted by molar-refractivity contribution is 0.114. The molecule has 0 heterocycles. The van der Waals surface area contributed by atoms with Crippen LogP contribution < -0.4 is 0 Å². The average molecular weight is 358 g/mol. The minimum absolute atomic E-state index is 0.723. The summed E-state index contributed by atoms with van der Waals surface area (Å²) in [5, 5.41) is 8.95. The van der Waals surface area contributed by atoms with Crippen LogP contribution in [0, 0.1) is 29.1 Å². The molecule has 4 atom stereocenters. The summed E-state index contributed by atoms with van der Waals surface area (Å²) in [6.45, 7) is 2.34. The number of hydrogen-bond donors (Lipinski definition) is 0. The SMILES string of the molecule is CCCC1CCC2CC(c3ccc(-c4ccc(C#N)cc4)cc3)CCC2C1. The van der Waals surface area contributed by atoms with Gasteiger partial charge in [0, 0.05) is 0 Å². The Morgan fingerprint density at radius 1 is 0.815 bits per heavy atom. The first kappa shape index (κ1) is 18.3. The van der Waals surface area contributed by atoms with E-state index in [0.717, 1.165) is 29.2 Å². The largest absolute Gasteiger partial charge is 0.192 e. The minimum atomic E-state index is 0.723. The van der Waals surface area contributed by atoms with Crippen molar-refractivity contribution in [2.24, 2.45) is 17.8 Å². The highest BCUT2D eigenvalue weighted by Gasteiger charge is 2.35. The predicted molar refractivity (Wildman–Crippen MR) is 112 cm³/mol. The van der Waals surface area contributed by atoms with E-state index >= 15 is 0 Å². The first-order valence-electron chi connectivity index (χ1n) is 10.9. The molecule has 2 aromatic carbocycles. The van der Waals surface area contributed by atoms with Gasteiger partial charge in [0.15, 0.2) is 0 Å². The molecule has 0 aliphatic heterocycles. The average Bonchev–Trinajstić information content (AvgIpc) is 2.74. The zero-order valence-corrected chi connectivity index (χ0v) is 16.5. The number of benzene rings is 2. The van der Waals surface area contributed by atoms with Crippen LogP contribution in [0.2, 0.25) is 0 Å². The highest BCUT2D eigenvalue weighted by Crippen LogP contribution is 2.48. The van der Waals surface area contributed by atoms with Gasteiger partial charge < -0.3 is 0 Å². The summed E-state index contributed by atoms with van der Waals surface area (Å²) in [5.74, 6) is 3.74.